The van der Waals surface area contributed by atoms with Crippen molar-refractivity contribution in [1.82, 2.24) is 25.0 Å². The van der Waals surface area contributed by atoms with Crippen LogP contribution in [0.3, 0.4) is 0 Å². The number of ether oxygens (including phenoxy) is 1. The molecule has 0 unspecified atom stereocenters. The minimum Gasteiger partial charge on any atom is -0.379 e. The van der Waals surface area contributed by atoms with E-state index in [-0.39, 0.29) is 11.4 Å². The third kappa shape index (κ3) is 3.89. The monoisotopic (exact) mass is 369 g/mol. The molecule has 7 nitrogen and oxygen atoms in total. The molecule has 27 heavy (non-hydrogen) atoms. The van der Waals surface area contributed by atoms with Crippen LogP contribution in [0.4, 0.5) is 0 Å². The van der Waals surface area contributed by atoms with Crippen LogP contribution in [0.15, 0.2) is 36.9 Å². The number of nitrogens with one attached hydrogen (secondary N) is 1. The van der Waals surface area contributed by atoms with Crippen LogP contribution in [-0.4, -0.2) is 64.0 Å². The van der Waals surface area contributed by atoms with Gasteiger partial charge in [0.2, 0.25) is 0 Å². The van der Waals surface area contributed by atoms with Crippen molar-refractivity contribution in [2.75, 3.05) is 32.8 Å². The molecule has 7 heteroatoms. The summed E-state index contributed by atoms with van der Waals surface area (Å²) in [4.78, 5) is 15.6. The zero-order valence-corrected chi connectivity index (χ0v) is 15.6. The molecule has 2 heterocycles. The van der Waals surface area contributed by atoms with Gasteiger partial charge in [-0.15, -0.1) is 10.2 Å². The average molecular weight is 369 g/mol. The van der Waals surface area contributed by atoms with Crippen LogP contribution in [0.2, 0.25) is 0 Å². The molecule has 1 aromatic heterocycles. The molecular weight excluding hydrogens is 342 g/mol. The van der Waals surface area contributed by atoms with Crippen molar-refractivity contribution >= 4 is 5.91 Å². The standard InChI is InChI=1S/C20H27N5O2/c26-19(17-6-2-3-7-18(17)24-15-22-23-16-24)21-14-20(8-4-1-5-9-20)25-10-12-27-13-11-25/h2-3,6-7,15-16H,1,4-5,8-14H2,(H,21,26). The number of carbonyl (C=O) groups is 1. The van der Waals surface area contributed by atoms with Gasteiger partial charge in [-0.1, -0.05) is 31.4 Å². The molecule has 1 aliphatic carbocycles. The lowest BCUT2D eigenvalue weighted by atomic mass is 9.79. The summed E-state index contributed by atoms with van der Waals surface area (Å²) >= 11 is 0. The van der Waals surface area contributed by atoms with Crippen LogP contribution in [0.1, 0.15) is 42.5 Å². The van der Waals surface area contributed by atoms with Gasteiger partial charge in [0.15, 0.2) is 0 Å². The molecule has 0 spiro atoms. The zero-order valence-electron chi connectivity index (χ0n) is 15.6. The molecule has 0 radical (unpaired) electrons. The van der Waals surface area contributed by atoms with Crippen molar-refractivity contribution in [3.8, 4) is 5.69 Å². The molecular formula is C20H27N5O2. The van der Waals surface area contributed by atoms with Gasteiger partial charge in [0.05, 0.1) is 24.5 Å². The highest BCUT2D eigenvalue weighted by Crippen LogP contribution is 2.34. The van der Waals surface area contributed by atoms with E-state index in [1.165, 1.54) is 19.3 Å². The molecule has 2 fully saturated rings. The maximum Gasteiger partial charge on any atom is 0.253 e. The minimum atomic E-state index is -0.0440. The number of benzene rings is 1. The van der Waals surface area contributed by atoms with Crippen molar-refractivity contribution in [3.05, 3.63) is 42.5 Å². The van der Waals surface area contributed by atoms with Gasteiger partial charge in [-0.05, 0) is 25.0 Å². The summed E-state index contributed by atoms with van der Waals surface area (Å²) in [7, 11) is 0. The second-order valence-corrected chi connectivity index (χ2v) is 7.45. The summed E-state index contributed by atoms with van der Waals surface area (Å²) in [6, 6.07) is 7.58. The van der Waals surface area contributed by atoms with Crippen LogP contribution in [-0.2, 0) is 4.74 Å². The van der Waals surface area contributed by atoms with Gasteiger partial charge in [0, 0.05) is 25.2 Å². The highest BCUT2D eigenvalue weighted by molar-refractivity contribution is 5.97. The quantitative estimate of drug-likeness (QED) is 0.873. The Labute approximate surface area is 159 Å². The molecule has 1 aliphatic heterocycles. The number of nitrogens with zero attached hydrogens (tertiary/aromatic N) is 4. The largest absolute Gasteiger partial charge is 0.379 e. The third-order valence-electron chi connectivity index (χ3n) is 5.89. The number of aromatic nitrogens is 3. The Morgan fingerprint density at radius 1 is 1.07 bits per heavy atom. The van der Waals surface area contributed by atoms with Crippen molar-refractivity contribution in [2.45, 2.75) is 37.6 Å². The molecule has 1 saturated heterocycles. The van der Waals surface area contributed by atoms with Gasteiger partial charge < -0.3 is 10.1 Å². The summed E-state index contributed by atoms with van der Waals surface area (Å²) in [5, 5.41) is 10.9. The maximum absolute atomic E-state index is 13.0. The predicted octanol–water partition coefficient (Wildman–Crippen LogP) is 2.03. The summed E-state index contributed by atoms with van der Waals surface area (Å²) in [6.45, 7) is 4.15. The van der Waals surface area contributed by atoms with Crippen LogP contribution in [0, 0.1) is 0 Å². The Bertz CT molecular complexity index is 749. The molecule has 1 saturated carbocycles. The lowest BCUT2D eigenvalue weighted by Gasteiger charge is -2.48. The van der Waals surface area contributed by atoms with E-state index in [0.29, 0.717) is 12.1 Å². The van der Waals surface area contributed by atoms with Crippen LogP contribution in [0.25, 0.3) is 5.69 Å². The Morgan fingerprint density at radius 2 is 1.78 bits per heavy atom. The first-order chi connectivity index (χ1) is 13.3. The van der Waals surface area contributed by atoms with Crippen molar-refractivity contribution in [3.63, 3.8) is 0 Å². The van der Waals surface area contributed by atoms with E-state index in [0.717, 1.165) is 44.8 Å². The van der Waals surface area contributed by atoms with E-state index < -0.39 is 0 Å². The van der Waals surface area contributed by atoms with E-state index in [1.54, 1.807) is 17.2 Å². The fourth-order valence-electron chi connectivity index (χ4n) is 4.41. The van der Waals surface area contributed by atoms with Crippen LogP contribution in [0.5, 0.6) is 0 Å². The highest BCUT2D eigenvalue weighted by Gasteiger charge is 2.38. The van der Waals surface area contributed by atoms with Gasteiger partial charge in [-0.3, -0.25) is 14.3 Å². The van der Waals surface area contributed by atoms with E-state index >= 15 is 0 Å². The van der Waals surface area contributed by atoms with Gasteiger partial charge in [0.25, 0.3) is 5.91 Å². The van der Waals surface area contributed by atoms with Gasteiger partial charge in [0.1, 0.15) is 12.7 Å². The number of para-hydroxylation sites is 1. The van der Waals surface area contributed by atoms with Gasteiger partial charge in [-0.25, -0.2) is 0 Å². The second-order valence-electron chi connectivity index (χ2n) is 7.45. The first-order valence-electron chi connectivity index (χ1n) is 9.84. The Balaban J connectivity index is 1.51. The summed E-state index contributed by atoms with van der Waals surface area (Å²) in [5.74, 6) is -0.0440. The molecule has 1 amide bonds. The second kappa shape index (κ2) is 8.19. The smallest absolute Gasteiger partial charge is 0.253 e. The molecule has 2 aromatic rings. The molecule has 0 bridgehead atoms. The Kier molecular flexibility index (Phi) is 5.50. The number of rotatable bonds is 5. The average Bonchev–Trinajstić information content (AvgIpc) is 3.28. The predicted molar refractivity (Wildman–Crippen MR) is 102 cm³/mol. The molecule has 0 atom stereocenters. The molecule has 4 rings (SSSR count). The van der Waals surface area contributed by atoms with Crippen molar-refractivity contribution < 1.29 is 9.53 Å². The normalized spacial score (nSPS) is 20.3. The van der Waals surface area contributed by atoms with E-state index in [9.17, 15) is 4.79 Å². The fraction of sp³-hybridized carbons (Fsp3) is 0.550. The van der Waals surface area contributed by atoms with Crippen LogP contribution >= 0.6 is 0 Å². The number of hydrogen-bond donors (Lipinski definition) is 1. The van der Waals surface area contributed by atoms with Crippen molar-refractivity contribution in [2.24, 2.45) is 0 Å². The van der Waals surface area contributed by atoms with Crippen molar-refractivity contribution in [1.29, 1.82) is 0 Å². The minimum absolute atomic E-state index is 0.0440. The zero-order chi connectivity index (χ0) is 18.5. The van der Waals surface area contributed by atoms with Gasteiger partial charge in [-0.2, -0.15) is 0 Å². The van der Waals surface area contributed by atoms with E-state index in [4.69, 9.17) is 4.74 Å². The lowest BCUT2D eigenvalue weighted by Crippen LogP contribution is -2.59. The highest BCUT2D eigenvalue weighted by atomic mass is 16.5. The number of hydrogen-bond acceptors (Lipinski definition) is 5. The van der Waals surface area contributed by atoms with E-state index in [2.05, 4.69) is 20.4 Å². The lowest BCUT2D eigenvalue weighted by molar-refractivity contribution is -0.0361. The summed E-state index contributed by atoms with van der Waals surface area (Å²) in [6.07, 6.45) is 9.25. The first-order valence-corrected chi connectivity index (χ1v) is 9.84. The topological polar surface area (TPSA) is 72.3 Å². The van der Waals surface area contributed by atoms with E-state index in [1.807, 2.05) is 24.3 Å². The molecule has 1 aromatic carbocycles. The molecule has 2 aliphatic rings. The maximum atomic E-state index is 13.0. The Hall–Kier alpha value is -2.25. The number of morpholine rings is 1. The SMILES string of the molecule is O=C(NCC1(N2CCOCC2)CCCCC1)c1ccccc1-n1cnnc1. The first kappa shape index (κ1) is 18.1. The fourth-order valence-corrected chi connectivity index (χ4v) is 4.41. The van der Waals surface area contributed by atoms with Gasteiger partial charge >= 0.3 is 0 Å². The summed E-state index contributed by atoms with van der Waals surface area (Å²) in [5.41, 5.74) is 1.50. The summed E-state index contributed by atoms with van der Waals surface area (Å²) < 4.78 is 7.32. The van der Waals surface area contributed by atoms with Crippen LogP contribution < -0.4 is 5.32 Å². The number of carbonyl (C=O) groups excluding carboxylic acids is 1. The molecule has 1 N–H and O–H groups in total. The molecule has 144 valence electrons. The number of amides is 1. The Morgan fingerprint density at radius 3 is 2.52 bits per heavy atom. The third-order valence-corrected chi connectivity index (χ3v) is 5.89.